The zero-order valence-corrected chi connectivity index (χ0v) is 11.1. The van der Waals surface area contributed by atoms with Crippen LogP contribution in [0.25, 0.3) is 0 Å². The molecule has 1 aromatic rings. The molecule has 1 aliphatic rings. The number of aromatic nitrogens is 1. The Labute approximate surface area is 112 Å². The molecule has 19 heavy (non-hydrogen) atoms. The first-order chi connectivity index (χ1) is 9.00. The highest BCUT2D eigenvalue weighted by atomic mass is 16.4. The van der Waals surface area contributed by atoms with Crippen LogP contribution >= 0.6 is 0 Å². The molecular formula is C14H18N2O3. The third-order valence-electron chi connectivity index (χ3n) is 3.34. The summed E-state index contributed by atoms with van der Waals surface area (Å²) in [6, 6.07) is 3.20. The van der Waals surface area contributed by atoms with Gasteiger partial charge in [0.15, 0.2) is 0 Å². The number of nitrogens with zero attached hydrogens (tertiary/aromatic N) is 2. The Kier molecular flexibility index (Phi) is 3.83. The van der Waals surface area contributed by atoms with Crippen LogP contribution in [-0.4, -0.2) is 33.4 Å². The first kappa shape index (κ1) is 13.5. The molecule has 5 nitrogen and oxygen atoms in total. The fourth-order valence-corrected chi connectivity index (χ4v) is 2.58. The minimum atomic E-state index is -0.923. The maximum atomic E-state index is 12.1. The Morgan fingerprint density at radius 1 is 1.58 bits per heavy atom. The molecule has 0 spiro atoms. The molecule has 1 fully saturated rings. The lowest BCUT2D eigenvalue weighted by Crippen LogP contribution is -2.33. The minimum absolute atomic E-state index is 0.0710. The fraction of sp³-hybridized carbons (Fsp3) is 0.500. The number of carboxylic acids is 1. The van der Waals surface area contributed by atoms with E-state index in [2.05, 4.69) is 4.98 Å². The minimum Gasteiger partial charge on any atom is -0.481 e. The molecule has 0 saturated carbocycles. The second kappa shape index (κ2) is 5.38. The van der Waals surface area contributed by atoms with Gasteiger partial charge in [-0.2, -0.15) is 0 Å². The largest absolute Gasteiger partial charge is 0.481 e. The molecule has 2 rings (SSSR count). The maximum absolute atomic E-state index is 12.1. The van der Waals surface area contributed by atoms with E-state index in [0.717, 1.165) is 5.56 Å². The van der Waals surface area contributed by atoms with E-state index in [1.807, 2.05) is 19.9 Å². The van der Waals surface area contributed by atoms with Gasteiger partial charge in [-0.15, -0.1) is 0 Å². The number of likely N-dealkylation sites (tertiary alicyclic amines) is 1. The Hall–Kier alpha value is -1.91. The van der Waals surface area contributed by atoms with E-state index in [0.29, 0.717) is 12.5 Å². The number of aliphatic carboxylic acids is 1. The fourth-order valence-electron chi connectivity index (χ4n) is 2.58. The predicted octanol–water partition coefficient (Wildman–Crippen LogP) is 1.71. The molecule has 1 saturated heterocycles. The molecule has 1 N–H and O–H groups in total. The van der Waals surface area contributed by atoms with Crippen LogP contribution in [0, 0.1) is 11.8 Å². The number of pyridine rings is 1. The molecule has 2 atom stereocenters. The van der Waals surface area contributed by atoms with Gasteiger partial charge < -0.3 is 10.0 Å². The van der Waals surface area contributed by atoms with Gasteiger partial charge in [-0.3, -0.25) is 14.6 Å². The van der Waals surface area contributed by atoms with Crippen LogP contribution in [0.15, 0.2) is 24.5 Å². The van der Waals surface area contributed by atoms with E-state index >= 15 is 0 Å². The molecule has 0 radical (unpaired) electrons. The van der Waals surface area contributed by atoms with Crippen molar-refractivity contribution in [3.05, 3.63) is 30.1 Å². The van der Waals surface area contributed by atoms with Gasteiger partial charge in [-0.1, -0.05) is 19.9 Å². The molecule has 0 aromatic carbocycles. The molecular weight excluding hydrogens is 244 g/mol. The van der Waals surface area contributed by atoms with Crippen molar-refractivity contribution < 1.29 is 14.7 Å². The average molecular weight is 262 g/mol. The van der Waals surface area contributed by atoms with E-state index in [-0.39, 0.29) is 12.3 Å². The number of rotatable bonds is 4. The highest BCUT2D eigenvalue weighted by Crippen LogP contribution is 2.38. The Bertz CT molecular complexity index is 473. The molecule has 2 heterocycles. The van der Waals surface area contributed by atoms with Crippen LogP contribution in [-0.2, 0) is 9.59 Å². The molecule has 1 aliphatic heterocycles. The van der Waals surface area contributed by atoms with Gasteiger partial charge in [0.1, 0.15) is 0 Å². The third-order valence-corrected chi connectivity index (χ3v) is 3.34. The van der Waals surface area contributed by atoms with Crippen molar-refractivity contribution in [3.8, 4) is 0 Å². The van der Waals surface area contributed by atoms with E-state index < -0.39 is 17.9 Å². The molecule has 102 valence electrons. The number of carboxylic acid groups (broad SMARTS) is 1. The predicted molar refractivity (Wildman–Crippen MR) is 69.3 cm³/mol. The van der Waals surface area contributed by atoms with Gasteiger partial charge in [0.2, 0.25) is 5.91 Å². The topological polar surface area (TPSA) is 70.5 Å². The summed E-state index contributed by atoms with van der Waals surface area (Å²) in [6.45, 7) is 4.60. The van der Waals surface area contributed by atoms with Crippen molar-refractivity contribution >= 4 is 11.9 Å². The molecule has 0 bridgehead atoms. The van der Waals surface area contributed by atoms with Crippen LogP contribution in [0.5, 0.6) is 0 Å². The van der Waals surface area contributed by atoms with Crippen molar-refractivity contribution in [2.24, 2.45) is 11.8 Å². The van der Waals surface area contributed by atoms with Crippen molar-refractivity contribution in [1.29, 1.82) is 0 Å². The Morgan fingerprint density at radius 3 is 2.84 bits per heavy atom. The van der Waals surface area contributed by atoms with Gasteiger partial charge in [0.25, 0.3) is 0 Å². The quantitative estimate of drug-likeness (QED) is 0.896. The summed E-state index contributed by atoms with van der Waals surface area (Å²) in [7, 11) is 0. The number of carbonyl (C=O) groups is 2. The zero-order chi connectivity index (χ0) is 14.0. The van der Waals surface area contributed by atoms with Crippen molar-refractivity contribution in [2.45, 2.75) is 26.3 Å². The van der Waals surface area contributed by atoms with E-state index in [9.17, 15) is 14.7 Å². The van der Waals surface area contributed by atoms with Gasteiger partial charge >= 0.3 is 5.97 Å². The summed E-state index contributed by atoms with van der Waals surface area (Å²) < 4.78 is 0. The summed E-state index contributed by atoms with van der Waals surface area (Å²) in [5, 5.41) is 9.32. The summed E-state index contributed by atoms with van der Waals surface area (Å²) in [4.78, 5) is 29.1. The first-order valence-electron chi connectivity index (χ1n) is 6.43. The maximum Gasteiger partial charge on any atom is 0.309 e. The van der Waals surface area contributed by atoms with Gasteiger partial charge in [-0.25, -0.2) is 0 Å². The standard InChI is InChI=1S/C14H18N2O3/c1-9(2)8-16-12(17)6-11(14(18)19)13(16)10-4-3-5-15-7-10/h3-5,7,9,11,13H,6,8H2,1-2H3,(H,18,19). The summed E-state index contributed by atoms with van der Waals surface area (Å²) in [5.41, 5.74) is 0.793. The number of hydrogen-bond acceptors (Lipinski definition) is 3. The number of hydrogen-bond donors (Lipinski definition) is 1. The lowest BCUT2D eigenvalue weighted by molar-refractivity contribution is -0.142. The monoisotopic (exact) mass is 262 g/mol. The molecule has 5 heteroatoms. The van der Waals surface area contributed by atoms with E-state index in [1.165, 1.54) is 0 Å². The second-order valence-corrected chi connectivity index (χ2v) is 5.32. The molecule has 1 amide bonds. The molecule has 2 unspecified atom stereocenters. The smallest absolute Gasteiger partial charge is 0.309 e. The van der Waals surface area contributed by atoms with Crippen LogP contribution in [0.2, 0.25) is 0 Å². The first-order valence-corrected chi connectivity index (χ1v) is 6.43. The Balaban J connectivity index is 2.36. The highest BCUT2D eigenvalue weighted by molar-refractivity contribution is 5.87. The van der Waals surface area contributed by atoms with Gasteiger partial charge in [-0.05, 0) is 17.5 Å². The van der Waals surface area contributed by atoms with Crippen molar-refractivity contribution in [3.63, 3.8) is 0 Å². The molecule has 0 aliphatic carbocycles. The SMILES string of the molecule is CC(C)CN1C(=O)CC(C(=O)O)C1c1cccnc1. The summed E-state index contributed by atoms with van der Waals surface area (Å²) in [6.07, 6.45) is 3.36. The van der Waals surface area contributed by atoms with Crippen LogP contribution in [0.1, 0.15) is 31.9 Å². The highest BCUT2D eigenvalue weighted by Gasteiger charge is 2.44. The summed E-state index contributed by atoms with van der Waals surface area (Å²) >= 11 is 0. The summed E-state index contributed by atoms with van der Waals surface area (Å²) in [5.74, 6) is -1.39. The van der Waals surface area contributed by atoms with Crippen molar-refractivity contribution in [1.82, 2.24) is 9.88 Å². The number of carbonyl (C=O) groups excluding carboxylic acids is 1. The van der Waals surface area contributed by atoms with Crippen LogP contribution in [0.4, 0.5) is 0 Å². The van der Waals surface area contributed by atoms with Gasteiger partial charge in [0, 0.05) is 25.4 Å². The second-order valence-electron chi connectivity index (χ2n) is 5.32. The normalized spacial score (nSPS) is 23.1. The lowest BCUT2D eigenvalue weighted by atomic mass is 9.94. The van der Waals surface area contributed by atoms with Crippen LogP contribution < -0.4 is 0 Å². The van der Waals surface area contributed by atoms with E-state index in [1.54, 1.807) is 23.4 Å². The van der Waals surface area contributed by atoms with Crippen LogP contribution in [0.3, 0.4) is 0 Å². The Morgan fingerprint density at radius 2 is 2.32 bits per heavy atom. The van der Waals surface area contributed by atoms with E-state index in [4.69, 9.17) is 0 Å². The van der Waals surface area contributed by atoms with Gasteiger partial charge in [0.05, 0.1) is 12.0 Å². The third kappa shape index (κ3) is 2.75. The number of amides is 1. The molecule has 1 aromatic heterocycles. The average Bonchev–Trinajstić information content (AvgIpc) is 2.68. The zero-order valence-electron chi connectivity index (χ0n) is 11.1. The lowest BCUT2D eigenvalue weighted by Gasteiger charge is -2.28. The van der Waals surface area contributed by atoms with Crippen molar-refractivity contribution in [2.75, 3.05) is 6.54 Å².